The SMILES string of the molecule is CC(C)CCNC(=O)NC(=O)CSc1nnc(-c2ccccc2F)n1CC(C)C. The molecule has 2 N–H and O–H groups in total. The first kappa shape index (κ1) is 22.9. The number of urea groups is 1. The van der Waals surface area contributed by atoms with Gasteiger partial charge in [-0.05, 0) is 30.4 Å². The van der Waals surface area contributed by atoms with Gasteiger partial charge in [0.2, 0.25) is 5.91 Å². The molecule has 9 heteroatoms. The minimum absolute atomic E-state index is 0.00506. The number of nitrogens with zero attached hydrogens (tertiary/aromatic N) is 3. The normalized spacial score (nSPS) is 11.1. The van der Waals surface area contributed by atoms with Crippen molar-refractivity contribution in [3.05, 3.63) is 30.1 Å². The molecule has 0 spiro atoms. The van der Waals surface area contributed by atoms with Gasteiger partial charge in [-0.3, -0.25) is 10.1 Å². The van der Waals surface area contributed by atoms with Crippen molar-refractivity contribution < 1.29 is 14.0 Å². The molecule has 158 valence electrons. The monoisotopic (exact) mass is 421 g/mol. The first-order chi connectivity index (χ1) is 13.8. The van der Waals surface area contributed by atoms with Crippen LogP contribution in [0.1, 0.15) is 34.1 Å². The van der Waals surface area contributed by atoms with Crippen molar-refractivity contribution in [1.29, 1.82) is 0 Å². The molecule has 2 aromatic rings. The summed E-state index contributed by atoms with van der Waals surface area (Å²) < 4.78 is 16.0. The van der Waals surface area contributed by atoms with Crippen LogP contribution in [-0.4, -0.2) is 39.0 Å². The van der Waals surface area contributed by atoms with Gasteiger partial charge in [0.25, 0.3) is 0 Å². The van der Waals surface area contributed by atoms with Crippen LogP contribution in [0, 0.1) is 17.7 Å². The van der Waals surface area contributed by atoms with Crippen LogP contribution in [0.5, 0.6) is 0 Å². The van der Waals surface area contributed by atoms with Crippen molar-refractivity contribution in [2.24, 2.45) is 11.8 Å². The fraction of sp³-hybridized carbons (Fsp3) is 0.500. The Kier molecular flexibility index (Phi) is 8.63. The number of carbonyl (C=O) groups is 2. The lowest BCUT2D eigenvalue weighted by Gasteiger charge is -2.13. The Bertz CT molecular complexity index is 838. The Hall–Kier alpha value is -2.42. The van der Waals surface area contributed by atoms with Crippen molar-refractivity contribution in [3.63, 3.8) is 0 Å². The molecule has 0 radical (unpaired) electrons. The Morgan fingerprint density at radius 1 is 1.14 bits per heavy atom. The van der Waals surface area contributed by atoms with Crippen LogP contribution in [-0.2, 0) is 11.3 Å². The maximum absolute atomic E-state index is 14.2. The summed E-state index contributed by atoms with van der Waals surface area (Å²) in [5, 5.41) is 13.7. The molecular weight excluding hydrogens is 393 g/mol. The first-order valence-corrected chi connectivity index (χ1v) is 10.6. The van der Waals surface area contributed by atoms with Crippen molar-refractivity contribution >= 4 is 23.7 Å². The third kappa shape index (κ3) is 7.16. The van der Waals surface area contributed by atoms with Gasteiger partial charge in [0.05, 0.1) is 11.3 Å². The number of halogens is 1. The largest absolute Gasteiger partial charge is 0.338 e. The van der Waals surface area contributed by atoms with Crippen LogP contribution in [0.15, 0.2) is 29.4 Å². The maximum atomic E-state index is 14.2. The van der Waals surface area contributed by atoms with E-state index in [1.54, 1.807) is 18.2 Å². The number of hydrogen-bond donors (Lipinski definition) is 2. The lowest BCUT2D eigenvalue weighted by molar-refractivity contribution is -0.117. The average molecular weight is 422 g/mol. The number of imide groups is 1. The van der Waals surface area contributed by atoms with E-state index in [-0.39, 0.29) is 17.5 Å². The summed E-state index contributed by atoms with van der Waals surface area (Å²) in [5.41, 5.74) is 0.362. The third-order valence-corrected chi connectivity index (χ3v) is 4.94. The number of nitrogens with one attached hydrogen (secondary N) is 2. The maximum Gasteiger partial charge on any atom is 0.321 e. The first-order valence-electron chi connectivity index (χ1n) is 9.66. The highest BCUT2D eigenvalue weighted by atomic mass is 32.2. The molecule has 0 atom stereocenters. The van der Waals surface area contributed by atoms with Crippen LogP contribution in [0.3, 0.4) is 0 Å². The van der Waals surface area contributed by atoms with Gasteiger partial charge >= 0.3 is 6.03 Å². The van der Waals surface area contributed by atoms with Gasteiger partial charge < -0.3 is 9.88 Å². The zero-order valence-electron chi connectivity index (χ0n) is 17.2. The minimum Gasteiger partial charge on any atom is -0.338 e. The number of aromatic nitrogens is 3. The van der Waals surface area contributed by atoms with Gasteiger partial charge in [-0.15, -0.1) is 10.2 Å². The molecule has 0 saturated carbocycles. The van der Waals surface area contributed by atoms with E-state index in [1.807, 2.05) is 18.4 Å². The summed E-state index contributed by atoms with van der Waals surface area (Å²) in [5.74, 6) is 0.367. The Labute approximate surface area is 174 Å². The molecule has 2 rings (SSSR count). The Morgan fingerprint density at radius 3 is 2.52 bits per heavy atom. The highest BCUT2D eigenvalue weighted by molar-refractivity contribution is 7.99. The molecule has 0 unspecified atom stereocenters. The number of amides is 3. The second-order valence-electron chi connectivity index (χ2n) is 7.57. The van der Waals surface area contributed by atoms with Gasteiger partial charge in [0.15, 0.2) is 11.0 Å². The van der Waals surface area contributed by atoms with Crippen LogP contribution in [0.4, 0.5) is 9.18 Å². The molecule has 0 bridgehead atoms. The lowest BCUT2D eigenvalue weighted by atomic mass is 10.1. The second-order valence-corrected chi connectivity index (χ2v) is 8.51. The van der Waals surface area contributed by atoms with E-state index >= 15 is 0 Å². The van der Waals surface area contributed by atoms with E-state index in [0.29, 0.717) is 35.6 Å². The van der Waals surface area contributed by atoms with Crippen LogP contribution >= 0.6 is 11.8 Å². The number of benzene rings is 1. The molecule has 7 nitrogen and oxygen atoms in total. The number of thioether (sulfide) groups is 1. The van der Waals surface area contributed by atoms with E-state index in [0.717, 1.165) is 18.2 Å². The number of hydrogen-bond acceptors (Lipinski definition) is 5. The lowest BCUT2D eigenvalue weighted by Crippen LogP contribution is -2.40. The van der Waals surface area contributed by atoms with E-state index in [2.05, 4.69) is 34.7 Å². The highest BCUT2D eigenvalue weighted by Crippen LogP contribution is 2.26. The molecule has 0 fully saturated rings. The molecule has 1 aromatic heterocycles. The molecule has 1 aromatic carbocycles. The zero-order chi connectivity index (χ0) is 21.4. The van der Waals surface area contributed by atoms with E-state index in [1.165, 1.54) is 6.07 Å². The van der Waals surface area contributed by atoms with Gasteiger partial charge in [-0.1, -0.05) is 51.6 Å². The molecule has 0 aliphatic rings. The fourth-order valence-electron chi connectivity index (χ4n) is 2.58. The third-order valence-electron chi connectivity index (χ3n) is 3.97. The van der Waals surface area contributed by atoms with E-state index < -0.39 is 11.9 Å². The molecular formula is C20H28FN5O2S. The molecule has 0 aliphatic carbocycles. The van der Waals surface area contributed by atoms with E-state index in [4.69, 9.17) is 0 Å². The number of rotatable bonds is 9. The topological polar surface area (TPSA) is 88.9 Å². The molecule has 0 saturated heterocycles. The number of carbonyl (C=O) groups excluding carboxylic acids is 2. The summed E-state index contributed by atoms with van der Waals surface area (Å²) in [6, 6.07) is 5.88. The Balaban J connectivity index is 2.02. The molecule has 1 heterocycles. The van der Waals surface area contributed by atoms with Crippen molar-refractivity contribution in [2.75, 3.05) is 12.3 Å². The predicted octanol–water partition coefficient (Wildman–Crippen LogP) is 3.70. The summed E-state index contributed by atoms with van der Waals surface area (Å²) >= 11 is 1.16. The summed E-state index contributed by atoms with van der Waals surface area (Å²) in [6.07, 6.45) is 0.841. The Morgan fingerprint density at radius 2 is 1.86 bits per heavy atom. The molecule has 0 aliphatic heterocycles. The summed E-state index contributed by atoms with van der Waals surface area (Å²) in [7, 11) is 0. The smallest absolute Gasteiger partial charge is 0.321 e. The summed E-state index contributed by atoms with van der Waals surface area (Å²) in [4.78, 5) is 23.8. The average Bonchev–Trinajstić information content (AvgIpc) is 3.01. The van der Waals surface area contributed by atoms with E-state index in [9.17, 15) is 14.0 Å². The quantitative estimate of drug-likeness (QED) is 0.603. The minimum atomic E-state index is -0.507. The highest BCUT2D eigenvalue weighted by Gasteiger charge is 2.19. The van der Waals surface area contributed by atoms with Crippen molar-refractivity contribution in [3.8, 4) is 11.4 Å². The van der Waals surface area contributed by atoms with Gasteiger partial charge in [-0.2, -0.15) is 0 Å². The van der Waals surface area contributed by atoms with Crippen LogP contribution < -0.4 is 10.6 Å². The van der Waals surface area contributed by atoms with Crippen LogP contribution in [0.2, 0.25) is 0 Å². The fourth-order valence-corrected chi connectivity index (χ4v) is 3.33. The van der Waals surface area contributed by atoms with Crippen molar-refractivity contribution in [1.82, 2.24) is 25.4 Å². The second kappa shape index (κ2) is 10.9. The van der Waals surface area contributed by atoms with Crippen LogP contribution in [0.25, 0.3) is 11.4 Å². The van der Waals surface area contributed by atoms with Gasteiger partial charge in [0, 0.05) is 13.1 Å². The van der Waals surface area contributed by atoms with Gasteiger partial charge in [0.1, 0.15) is 5.82 Å². The zero-order valence-corrected chi connectivity index (χ0v) is 18.1. The molecule has 29 heavy (non-hydrogen) atoms. The standard InChI is InChI=1S/C20H28FN5O2S/c1-13(2)9-10-22-19(28)23-17(27)12-29-20-25-24-18(26(20)11-14(3)4)15-7-5-6-8-16(15)21/h5-8,13-14H,9-12H2,1-4H3,(H2,22,23,27,28). The predicted molar refractivity (Wildman–Crippen MR) is 112 cm³/mol. The van der Waals surface area contributed by atoms with Crippen molar-refractivity contribution in [2.45, 2.75) is 45.8 Å². The molecule has 3 amide bonds. The van der Waals surface area contributed by atoms with Gasteiger partial charge in [-0.25, -0.2) is 9.18 Å². The summed E-state index contributed by atoms with van der Waals surface area (Å²) in [6.45, 7) is 9.28.